The van der Waals surface area contributed by atoms with Crippen molar-refractivity contribution in [1.82, 2.24) is 9.78 Å². The Bertz CT molecular complexity index is 1150. The van der Waals surface area contributed by atoms with Crippen LogP contribution in [-0.2, 0) is 21.2 Å². The van der Waals surface area contributed by atoms with Crippen LogP contribution in [0, 0.1) is 5.92 Å². The molecule has 2 aromatic rings. The van der Waals surface area contributed by atoms with Gasteiger partial charge < -0.3 is 15.5 Å². The topological polar surface area (TPSA) is 122 Å². The van der Waals surface area contributed by atoms with Crippen LogP contribution in [0.2, 0.25) is 0 Å². The number of alkyl halides is 2. The normalized spacial score (nSPS) is 24.2. The van der Waals surface area contributed by atoms with Crippen molar-refractivity contribution in [3.63, 3.8) is 0 Å². The molecule has 0 spiro atoms. The predicted molar refractivity (Wildman–Crippen MR) is 121 cm³/mol. The lowest BCUT2D eigenvalue weighted by molar-refractivity contribution is -0.111. The van der Waals surface area contributed by atoms with Gasteiger partial charge in [0.1, 0.15) is 12.3 Å². The Balaban J connectivity index is 1.57. The molecule has 0 radical (unpaired) electrons. The molecule has 1 amide bonds. The van der Waals surface area contributed by atoms with E-state index in [9.17, 15) is 27.1 Å². The molecule has 1 aromatic carbocycles. The third kappa shape index (κ3) is 5.53. The maximum atomic E-state index is 13.7. The second kappa shape index (κ2) is 9.93. The van der Waals surface area contributed by atoms with Gasteiger partial charge >= 0.3 is 0 Å². The van der Waals surface area contributed by atoms with E-state index < -0.39 is 46.7 Å². The van der Waals surface area contributed by atoms with Gasteiger partial charge in [0.2, 0.25) is 0 Å². The fraction of sp³-hybridized carbons (Fsp3) is 0.478. The Kier molecular flexibility index (Phi) is 7.15. The molecule has 3 N–H and O–H groups in total. The van der Waals surface area contributed by atoms with E-state index in [4.69, 9.17) is 5.11 Å². The predicted octanol–water partition coefficient (Wildman–Crippen LogP) is 2.28. The summed E-state index contributed by atoms with van der Waals surface area (Å²) in [7, 11) is -3.39. The molecule has 34 heavy (non-hydrogen) atoms. The lowest BCUT2D eigenvalue weighted by Gasteiger charge is -2.12. The summed E-state index contributed by atoms with van der Waals surface area (Å²) in [5, 5.41) is 24.9. The number of halogens is 2. The van der Waals surface area contributed by atoms with Crippen LogP contribution in [0.15, 0.2) is 47.5 Å². The first-order valence-corrected chi connectivity index (χ1v) is 12.7. The molecule has 11 heteroatoms. The molecule has 4 rings (SSSR count). The first-order chi connectivity index (χ1) is 16.2. The van der Waals surface area contributed by atoms with Gasteiger partial charge in [-0.1, -0.05) is 18.2 Å². The van der Waals surface area contributed by atoms with E-state index >= 15 is 0 Å². The van der Waals surface area contributed by atoms with Crippen LogP contribution < -0.4 is 5.32 Å². The quantitative estimate of drug-likeness (QED) is 0.459. The van der Waals surface area contributed by atoms with Crippen LogP contribution in [0.3, 0.4) is 0 Å². The van der Waals surface area contributed by atoms with Crippen LogP contribution in [0.5, 0.6) is 0 Å². The Morgan fingerprint density at radius 3 is 2.41 bits per heavy atom. The van der Waals surface area contributed by atoms with Gasteiger partial charge in [-0.05, 0) is 49.3 Å². The number of nitrogens with zero attached hydrogens (tertiary/aromatic N) is 2. The highest BCUT2D eigenvalue weighted by atomic mass is 32.2. The van der Waals surface area contributed by atoms with E-state index in [1.165, 1.54) is 47.3 Å². The minimum atomic E-state index is -3.39. The summed E-state index contributed by atoms with van der Waals surface area (Å²) in [5.74, 6) is -0.867. The van der Waals surface area contributed by atoms with Crippen molar-refractivity contribution in [1.29, 1.82) is 0 Å². The zero-order chi connectivity index (χ0) is 24.5. The Labute approximate surface area is 196 Å². The third-order valence-corrected chi connectivity index (χ3v) is 8.32. The molecule has 1 aromatic heterocycles. The van der Waals surface area contributed by atoms with Gasteiger partial charge in [-0.25, -0.2) is 17.2 Å². The molecule has 2 fully saturated rings. The number of benzene rings is 1. The van der Waals surface area contributed by atoms with Gasteiger partial charge in [-0.2, -0.15) is 5.10 Å². The van der Waals surface area contributed by atoms with Crippen LogP contribution in [0.4, 0.5) is 14.6 Å². The van der Waals surface area contributed by atoms with Gasteiger partial charge in [0.05, 0.1) is 29.4 Å². The molecule has 4 atom stereocenters. The van der Waals surface area contributed by atoms with Gasteiger partial charge in [0.15, 0.2) is 15.7 Å². The maximum absolute atomic E-state index is 13.7. The highest BCUT2D eigenvalue weighted by molar-refractivity contribution is 7.92. The average molecular weight is 496 g/mol. The highest BCUT2D eigenvalue weighted by Crippen LogP contribution is 2.36. The minimum absolute atomic E-state index is 0.0316. The van der Waals surface area contributed by atoms with E-state index in [2.05, 4.69) is 10.4 Å². The highest BCUT2D eigenvalue weighted by Gasteiger charge is 2.37. The van der Waals surface area contributed by atoms with Crippen LogP contribution in [0.1, 0.15) is 31.2 Å². The fourth-order valence-electron chi connectivity index (χ4n) is 4.03. The molecule has 1 heterocycles. The average Bonchev–Trinajstić information content (AvgIpc) is 3.52. The first kappa shape index (κ1) is 24.5. The Morgan fingerprint density at radius 2 is 1.82 bits per heavy atom. The van der Waals surface area contributed by atoms with E-state index in [-0.39, 0.29) is 40.9 Å². The van der Waals surface area contributed by atoms with Crippen molar-refractivity contribution in [2.75, 3.05) is 11.9 Å². The van der Waals surface area contributed by atoms with Crippen LogP contribution >= 0.6 is 0 Å². The Morgan fingerprint density at radius 1 is 1.18 bits per heavy atom. The van der Waals surface area contributed by atoms with Crippen molar-refractivity contribution in [3.8, 4) is 0 Å². The SMILES string of the molecule is O=C(Nc1ccn(C[C@@H](O)CO)n1)/C(=C/C1C[C@@H](F)[C@@H](F)C1)c1ccc(S(=O)(=O)C2CC2)cc1. The molecule has 184 valence electrons. The first-order valence-electron chi connectivity index (χ1n) is 11.2. The zero-order valence-electron chi connectivity index (χ0n) is 18.3. The van der Waals surface area contributed by atoms with Crippen molar-refractivity contribution in [3.05, 3.63) is 48.2 Å². The Hall–Kier alpha value is -2.63. The van der Waals surface area contributed by atoms with Gasteiger partial charge in [-0.15, -0.1) is 0 Å². The zero-order valence-corrected chi connectivity index (χ0v) is 19.2. The van der Waals surface area contributed by atoms with Crippen molar-refractivity contribution in [2.24, 2.45) is 5.92 Å². The van der Waals surface area contributed by atoms with E-state index in [0.29, 0.717) is 18.4 Å². The van der Waals surface area contributed by atoms with Gasteiger partial charge in [-0.3, -0.25) is 9.48 Å². The lowest BCUT2D eigenvalue weighted by Crippen LogP contribution is -2.20. The van der Waals surface area contributed by atoms with E-state index in [1.807, 2.05) is 0 Å². The summed E-state index contributed by atoms with van der Waals surface area (Å²) in [6.07, 6.45) is 0.0438. The number of rotatable bonds is 9. The molecule has 2 saturated carbocycles. The maximum Gasteiger partial charge on any atom is 0.257 e. The number of allylic oxidation sites excluding steroid dienone is 1. The van der Waals surface area contributed by atoms with Crippen LogP contribution in [0.25, 0.3) is 5.57 Å². The van der Waals surface area contributed by atoms with Gasteiger partial charge in [0, 0.05) is 17.8 Å². The monoisotopic (exact) mass is 495 g/mol. The minimum Gasteiger partial charge on any atom is -0.394 e. The number of carbonyl (C=O) groups excluding carboxylic acids is 1. The largest absolute Gasteiger partial charge is 0.394 e. The lowest BCUT2D eigenvalue weighted by atomic mass is 9.98. The number of anilines is 1. The number of aromatic nitrogens is 2. The number of carbonyl (C=O) groups is 1. The molecule has 2 aliphatic carbocycles. The third-order valence-electron chi connectivity index (χ3n) is 6.04. The van der Waals surface area contributed by atoms with Crippen molar-refractivity contribution >= 4 is 27.1 Å². The van der Waals surface area contributed by atoms with Crippen molar-refractivity contribution < 1.29 is 32.2 Å². The standard InChI is InChI=1S/C23H27F2N3O5S/c24-20-10-14(11-21(20)25)9-19(15-1-3-17(4-2-15)34(32,33)18-5-6-18)23(31)26-22-7-8-28(27-22)12-16(30)13-29/h1-4,7-9,14,16,18,20-21,29-30H,5-6,10-13H2,(H,26,27,31)/b19-9+/t14?,16-,20-,21+/m1/s1. The molecule has 0 aliphatic heterocycles. The second-order valence-electron chi connectivity index (χ2n) is 8.83. The van der Waals surface area contributed by atoms with Crippen LogP contribution in [-0.4, -0.2) is 64.6 Å². The fourth-order valence-corrected chi connectivity index (χ4v) is 5.68. The number of amides is 1. The summed E-state index contributed by atoms with van der Waals surface area (Å²) < 4.78 is 53.8. The molecular formula is C23H27F2N3O5S. The molecule has 0 saturated heterocycles. The number of hydrogen-bond donors (Lipinski definition) is 3. The summed E-state index contributed by atoms with van der Waals surface area (Å²) >= 11 is 0. The number of hydrogen-bond acceptors (Lipinski definition) is 6. The second-order valence-corrected chi connectivity index (χ2v) is 11.1. The van der Waals surface area contributed by atoms with E-state index in [1.54, 1.807) is 0 Å². The van der Waals surface area contributed by atoms with Crippen molar-refractivity contribution in [2.45, 2.75) is 60.8 Å². The summed E-state index contributed by atoms with van der Waals surface area (Å²) in [4.78, 5) is 13.3. The molecule has 8 nitrogen and oxygen atoms in total. The molecule has 1 unspecified atom stereocenters. The smallest absolute Gasteiger partial charge is 0.257 e. The molecule has 0 bridgehead atoms. The summed E-state index contributed by atoms with van der Waals surface area (Å²) in [6, 6.07) is 7.44. The number of sulfone groups is 1. The van der Waals surface area contributed by atoms with Gasteiger partial charge in [0.25, 0.3) is 5.91 Å². The molecular weight excluding hydrogens is 468 g/mol. The van der Waals surface area contributed by atoms with E-state index in [0.717, 1.165) is 0 Å². The number of nitrogens with one attached hydrogen (secondary N) is 1. The molecule has 2 aliphatic rings. The summed E-state index contributed by atoms with van der Waals surface area (Å²) in [5.41, 5.74) is 0.576. The number of aliphatic hydroxyl groups excluding tert-OH is 2. The number of aliphatic hydroxyl groups is 2. The summed E-state index contributed by atoms with van der Waals surface area (Å²) in [6.45, 7) is -0.405.